The fourth-order valence-corrected chi connectivity index (χ4v) is 6.05. The van der Waals surface area contributed by atoms with Gasteiger partial charge in [0.15, 0.2) is 5.65 Å². The molecule has 0 unspecified atom stereocenters. The number of carbonyl (C=O) groups excluding carboxylic acids is 3. The largest absolute Gasteiger partial charge is 0.381 e. The van der Waals surface area contributed by atoms with E-state index in [1.807, 2.05) is 11.6 Å². The molecule has 1 saturated carbocycles. The Labute approximate surface area is 221 Å². The van der Waals surface area contributed by atoms with E-state index >= 15 is 0 Å². The van der Waals surface area contributed by atoms with E-state index in [9.17, 15) is 14.4 Å². The summed E-state index contributed by atoms with van der Waals surface area (Å²) < 4.78 is 1.83. The Morgan fingerprint density at radius 2 is 1.68 bits per heavy atom. The molecule has 202 valence electrons. The van der Waals surface area contributed by atoms with Crippen molar-refractivity contribution in [1.29, 1.82) is 0 Å². The van der Waals surface area contributed by atoms with E-state index in [1.165, 1.54) is 0 Å². The van der Waals surface area contributed by atoms with Crippen molar-refractivity contribution < 1.29 is 19.2 Å². The van der Waals surface area contributed by atoms with Crippen LogP contribution in [0.5, 0.6) is 0 Å². The zero-order valence-corrected chi connectivity index (χ0v) is 21.9. The van der Waals surface area contributed by atoms with Crippen molar-refractivity contribution in [1.82, 2.24) is 30.0 Å². The summed E-state index contributed by atoms with van der Waals surface area (Å²) in [6.45, 7) is 5.18. The third-order valence-corrected chi connectivity index (χ3v) is 8.24. The number of anilines is 1. The summed E-state index contributed by atoms with van der Waals surface area (Å²) in [5.74, 6) is -0.341. The molecule has 0 radical (unpaired) electrons. The molecule has 2 aromatic heterocycles. The number of ketones is 1. The lowest BCUT2D eigenvalue weighted by atomic mass is 9.93. The molecule has 2 N–H and O–H groups in total. The number of pyridine rings is 1. The number of aryl methyl sites for hydroxylation is 1. The van der Waals surface area contributed by atoms with Crippen LogP contribution in [-0.2, 0) is 25.8 Å². The standard InChI is InChI=1S/C27H35N7O4/c1-2-34-24-21(17-29-34)23(30-18-7-9-19(35)10-8-18)20(16-28-24)22-15-27(38-31-22,25(36)32-11-3-4-12-32)26(37)33-13-5-6-14-33/h15-18,31H,2-14H2,1H3,(H,28,30). The van der Waals surface area contributed by atoms with Crippen LogP contribution in [0.15, 0.2) is 18.5 Å². The molecule has 2 saturated heterocycles. The highest BCUT2D eigenvalue weighted by atomic mass is 16.7. The first kappa shape index (κ1) is 24.8. The normalized spacial score (nSPS) is 21.7. The third-order valence-electron chi connectivity index (χ3n) is 8.24. The molecule has 11 nitrogen and oxygen atoms in total. The first-order valence-corrected chi connectivity index (χ1v) is 13.9. The number of nitrogens with one attached hydrogen (secondary N) is 2. The fraction of sp³-hybridized carbons (Fsp3) is 0.593. The summed E-state index contributed by atoms with van der Waals surface area (Å²) in [6, 6.07) is 0.118. The van der Waals surface area contributed by atoms with Gasteiger partial charge in [-0.1, -0.05) is 0 Å². The highest BCUT2D eigenvalue weighted by Gasteiger charge is 2.54. The van der Waals surface area contributed by atoms with Gasteiger partial charge < -0.3 is 15.1 Å². The van der Waals surface area contributed by atoms with Gasteiger partial charge in [0.1, 0.15) is 5.78 Å². The molecule has 5 heterocycles. The molecule has 2 amide bonds. The molecular formula is C27H35N7O4. The number of likely N-dealkylation sites (tertiary alicyclic amines) is 2. The number of hydrogen-bond acceptors (Lipinski definition) is 8. The molecule has 1 aliphatic carbocycles. The van der Waals surface area contributed by atoms with Crippen LogP contribution in [0.1, 0.15) is 63.9 Å². The van der Waals surface area contributed by atoms with E-state index in [4.69, 9.17) is 9.82 Å². The number of aromatic nitrogens is 3. The van der Waals surface area contributed by atoms with Crippen LogP contribution in [0.25, 0.3) is 16.7 Å². The summed E-state index contributed by atoms with van der Waals surface area (Å²) in [7, 11) is 0. The first-order valence-electron chi connectivity index (χ1n) is 13.9. The Kier molecular flexibility index (Phi) is 6.55. The van der Waals surface area contributed by atoms with E-state index in [1.54, 1.807) is 28.3 Å². The Hall–Kier alpha value is -3.47. The molecule has 0 spiro atoms. The highest BCUT2D eigenvalue weighted by Crippen LogP contribution is 2.37. The van der Waals surface area contributed by atoms with Crippen molar-refractivity contribution in [3.8, 4) is 0 Å². The van der Waals surface area contributed by atoms with Crippen LogP contribution >= 0.6 is 0 Å². The average Bonchev–Trinajstić information content (AvgIpc) is 3.75. The second-order valence-electron chi connectivity index (χ2n) is 10.7. The van der Waals surface area contributed by atoms with Gasteiger partial charge in [0.05, 0.1) is 23.0 Å². The highest BCUT2D eigenvalue weighted by molar-refractivity contribution is 6.13. The lowest BCUT2D eigenvalue weighted by molar-refractivity contribution is -0.169. The lowest BCUT2D eigenvalue weighted by Gasteiger charge is -2.31. The van der Waals surface area contributed by atoms with Gasteiger partial charge in [0.2, 0.25) is 0 Å². The number of fused-ring (bicyclic) bond motifs is 1. The Bertz CT molecular complexity index is 1250. The van der Waals surface area contributed by atoms with Gasteiger partial charge >= 0.3 is 0 Å². The molecule has 2 aromatic rings. The monoisotopic (exact) mass is 521 g/mol. The minimum Gasteiger partial charge on any atom is -0.381 e. The van der Waals surface area contributed by atoms with E-state index in [2.05, 4.69) is 15.9 Å². The molecule has 0 atom stereocenters. The van der Waals surface area contributed by atoms with Gasteiger partial charge in [-0.3, -0.25) is 19.9 Å². The average molecular weight is 522 g/mol. The van der Waals surface area contributed by atoms with Gasteiger partial charge in [-0.05, 0) is 51.5 Å². The molecule has 0 aromatic carbocycles. The molecule has 3 fully saturated rings. The van der Waals surface area contributed by atoms with E-state index in [0.717, 1.165) is 55.2 Å². The molecule has 4 aliphatic rings. The van der Waals surface area contributed by atoms with E-state index in [-0.39, 0.29) is 17.9 Å². The maximum absolute atomic E-state index is 13.8. The summed E-state index contributed by atoms with van der Waals surface area (Å²) >= 11 is 0. The number of nitrogens with zero attached hydrogens (tertiary/aromatic N) is 5. The maximum atomic E-state index is 13.8. The summed E-state index contributed by atoms with van der Waals surface area (Å²) in [4.78, 5) is 53.7. The number of hydrogen-bond donors (Lipinski definition) is 2. The number of amides is 2. The van der Waals surface area contributed by atoms with E-state index in [0.29, 0.717) is 62.6 Å². The summed E-state index contributed by atoms with van der Waals surface area (Å²) in [5.41, 5.74) is 3.99. The van der Waals surface area contributed by atoms with Gasteiger partial charge in [-0.25, -0.2) is 14.5 Å². The molecule has 38 heavy (non-hydrogen) atoms. The van der Waals surface area contributed by atoms with Crippen LogP contribution in [0.4, 0.5) is 5.69 Å². The van der Waals surface area contributed by atoms with Crippen molar-refractivity contribution in [3.05, 3.63) is 24.0 Å². The predicted octanol–water partition coefficient (Wildman–Crippen LogP) is 2.23. The van der Waals surface area contributed by atoms with Crippen LogP contribution < -0.4 is 10.8 Å². The van der Waals surface area contributed by atoms with Gasteiger partial charge in [-0.2, -0.15) is 5.10 Å². The van der Waals surface area contributed by atoms with Crippen molar-refractivity contribution in [2.24, 2.45) is 0 Å². The predicted molar refractivity (Wildman–Crippen MR) is 141 cm³/mol. The van der Waals surface area contributed by atoms with Gasteiger partial charge in [0, 0.05) is 63.4 Å². The van der Waals surface area contributed by atoms with Crippen molar-refractivity contribution >= 4 is 40.0 Å². The number of rotatable bonds is 6. The second-order valence-corrected chi connectivity index (χ2v) is 10.7. The molecular weight excluding hydrogens is 486 g/mol. The fourth-order valence-electron chi connectivity index (χ4n) is 6.05. The lowest BCUT2D eigenvalue weighted by Crippen LogP contribution is -2.58. The molecule has 6 rings (SSSR count). The Morgan fingerprint density at radius 3 is 2.29 bits per heavy atom. The smallest absolute Gasteiger partial charge is 0.272 e. The zero-order valence-electron chi connectivity index (χ0n) is 21.9. The van der Waals surface area contributed by atoms with Crippen LogP contribution in [0.3, 0.4) is 0 Å². The minimum atomic E-state index is -1.75. The van der Waals surface area contributed by atoms with E-state index < -0.39 is 5.60 Å². The van der Waals surface area contributed by atoms with Crippen molar-refractivity contribution in [2.75, 3.05) is 31.5 Å². The third kappa shape index (κ3) is 4.22. The molecule has 0 bridgehead atoms. The second kappa shape index (κ2) is 10.0. The van der Waals surface area contributed by atoms with Gasteiger partial charge in [-0.15, -0.1) is 0 Å². The SMILES string of the molecule is CCn1ncc2c(NC3CCC(=O)CC3)c(C3=CC(C(=O)N4CCCC4)(C(=O)N4CCCC4)ON3)cnc21. The van der Waals surface area contributed by atoms with Crippen molar-refractivity contribution in [2.45, 2.75) is 76.5 Å². The quantitative estimate of drug-likeness (QED) is 0.555. The van der Waals surface area contributed by atoms with Crippen molar-refractivity contribution in [3.63, 3.8) is 0 Å². The van der Waals surface area contributed by atoms with Crippen LogP contribution in [-0.4, -0.2) is 80.0 Å². The number of hydroxylamine groups is 1. The minimum absolute atomic E-state index is 0.118. The molecule has 11 heteroatoms. The Morgan fingerprint density at radius 1 is 1.05 bits per heavy atom. The Balaban J connectivity index is 1.42. The summed E-state index contributed by atoms with van der Waals surface area (Å²) in [5, 5.41) is 9.00. The maximum Gasteiger partial charge on any atom is 0.272 e. The molecule has 3 aliphatic heterocycles. The first-order chi connectivity index (χ1) is 18.5. The number of Topliss-reactive ketones (excluding diaryl/α,β-unsaturated/α-hetero) is 1. The van der Waals surface area contributed by atoms with Gasteiger partial charge in [0.25, 0.3) is 17.4 Å². The topological polar surface area (TPSA) is 122 Å². The number of carbonyl (C=O) groups is 3. The summed E-state index contributed by atoms with van der Waals surface area (Å²) in [6.07, 6.45) is 11.5. The van der Waals surface area contributed by atoms with Crippen LogP contribution in [0.2, 0.25) is 0 Å². The van der Waals surface area contributed by atoms with Crippen LogP contribution in [0, 0.1) is 0 Å². The zero-order chi connectivity index (χ0) is 26.3.